The first kappa shape index (κ1) is 22.3. The minimum absolute atomic E-state index is 0.0693. The fourth-order valence-corrected chi connectivity index (χ4v) is 5.24. The number of hydrogen-bond donors (Lipinski definition) is 2. The molecule has 1 aliphatic carbocycles. The Balaban J connectivity index is 1.37. The second kappa shape index (κ2) is 9.04. The van der Waals surface area contributed by atoms with Gasteiger partial charge in [-0.2, -0.15) is 5.10 Å². The van der Waals surface area contributed by atoms with Crippen molar-refractivity contribution in [1.82, 2.24) is 14.9 Å². The lowest BCUT2D eigenvalue weighted by atomic mass is 9.86. The van der Waals surface area contributed by atoms with Gasteiger partial charge in [0.25, 0.3) is 5.91 Å². The average Bonchev–Trinajstić information content (AvgIpc) is 3.48. The van der Waals surface area contributed by atoms with Crippen molar-refractivity contribution in [1.29, 1.82) is 0 Å². The normalized spacial score (nSPS) is 22.8. The van der Waals surface area contributed by atoms with E-state index in [9.17, 15) is 18.4 Å². The second-order valence-electron chi connectivity index (χ2n) is 9.15. The Morgan fingerprint density at radius 2 is 1.85 bits per heavy atom. The molecule has 2 aromatic heterocycles. The van der Waals surface area contributed by atoms with Crippen LogP contribution in [-0.2, 0) is 4.79 Å². The zero-order valence-corrected chi connectivity index (χ0v) is 18.6. The first-order chi connectivity index (χ1) is 16.4. The highest BCUT2D eigenvalue weighted by atomic mass is 19.1. The molecule has 0 spiro atoms. The van der Waals surface area contributed by atoms with E-state index in [1.807, 2.05) is 17.0 Å². The van der Waals surface area contributed by atoms with Gasteiger partial charge in [0, 0.05) is 30.0 Å². The Morgan fingerprint density at radius 1 is 1.06 bits per heavy atom. The summed E-state index contributed by atoms with van der Waals surface area (Å²) in [7, 11) is 0. The second-order valence-corrected chi connectivity index (χ2v) is 9.15. The third kappa shape index (κ3) is 4.22. The number of benzene rings is 1. The average molecular weight is 469 g/mol. The summed E-state index contributed by atoms with van der Waals surface area (Å²) in [6, 6.07) is 6.91. The van der Waals surface area contributed by atoms with E-state index in [0.29, 0.717) is 55.3 Å². The Kier molecular flexibility index (Phi) is 5.93. The molecular formula is C25H26F2N4O3. The number of hydrogen-bond acceptors (Lipinski definition) is 4. The summed E-state index contributed by atoms with van der Waals surface area (Å²) in [6.45, 7) is 0.694. The topological polar surface area (TPSA) is 86.9 Å². The largest absolute Gasteiger partial charge is 0.481 e. The van der Waals surface area contributed by atoms with Crippen molar-refractivity contribution in [2.24, 2.45) is 5.92 Å². The zero-order chi connectivity index (χ0) is 23.8. The molecular weight excluding hydrogens is 442 g/mol. The van der Waals surface area contributed by atoms with Gasteiger partial charge in [-0.05, 0) is 68.9 Å². The third-order valence-electron chi connectivity index (χ3n) is 7.06. The molecule has 5 rings (SSSR count). The number of halogens is 2. The van der Waals surface area contributed by atoms with Gasteiger partial charge in [0.05, 0.1) is 29.2 Å². The summed E-state index contributed by atoms with van der Waals surface area (Å²) in [5, 5.41) is 16.5. The molecule has 3 heterocycles. The van der Waals surface area contributed by atoms with Crippen LogP contribution in [0.25, 0.3) is 5.52 Å². The maximum atomic E-state index is 14.5. The summed E-state index contributed by atoms with van der Waals surface area (Å²) in [6.07, 6.45) is 7.18. The Hall–Kier alpha value is -3.49. The summed E-state index contributed by atoms with van der Waals surface area (Å²) in [5.41, 5.74) is 2.20. The summed E-state index contributed by atoms with van der Waals surface area (Å²) in [4.78, 5) is 26.2. The molecule has 2 N–H and O–H groups in total. The molecule has 0 radical (unpaired) electrons. The highest BCUT2D eigenvalue weighted by Crippen LogP contribution is 2.38. The first-order valence-electron chi connectivity index (χ1n) is 11.6. The number of aliphatic carboxylic acids is 1. The minimum Gasteiger partial charge on any atom is -0.481 e. The third-order valence-corrected chi connectivity index (χ3v) is 7.06. The summed E-state index contributed by atoms with van der Waals surface area (Å²) in [5.74, 6) is -2.27. The van der Waals surface area contributed by atoms with Crippen molar-refractivity contribution in [3.63, 3.8) is 0 Å². The van der Waals surface area contributed by atoms with Crippen LogP contribution in [0.15, 0.2) is 42.7 Å². The molecule has 1 amide bonds. The quantitative estimate of drug-likeness (QED) is 0.582. The van der Waals surface area contributed by atoms with E-state index in [4.69, 9.17) is 5.11 Å². The fraction of sp³-hybridized carbons (Fsp3) is 0.400. The van der Waals surface area contributed by atoms with Crippen LogP contribution in [0, 0.1) is 17.6 Å². The van der Waals surface area contributed by atoms with E-state index in [1.165, 1.54) is 12.3 Å². The number of nitrogens with zero attached hydrogens (tertiary/aromatic N) is 3. The Morgan fingerprint density at radius 3 is 2.62 bits per heavy atom. The molecule has 3 aromatic rings. The van der Waals surface area contributed by atoms with Gasteiger partial charge >= 0.3 is 5.97 Å². The molecule has 1 unspecified atom stereocenters. The van der Waals surface area contributed by atoms with Crippen LogP contribution in [0.5, 0.6) is 0 Å². The van der Waals surface area contributed by atoms with Crippen LogP contribution in [0.1, 0.15) is 60.5 Å². The molecule has 34 heavy (non-hydrogen) atoms. The number of pyridine rings is 1. The summed E-state index contributed by atoms with van der Waals surface area (Å²) < 4.78 is 29.9. The molecule has 2 aliphatic rings. The number of nitrogens with one attached hydrogen (secondary N) is 1. The van der Waals surface area contributed by atoms with E-state index in [-0.39, 0.29) is 23.9 Å². The van der Waals surface area contributed by atoms with E-state index in [2.05, 4.69) is 10.4 Å². The molecule has 1 saturated carbocycles. The van der Waals surface area contributed by atoms with Crippen molar-refractivity contribution in [2.45, 2.75) is 50.6 Å². The number of carbonyl (C=O) groups excluding carboxylic acids is 1. The lowest BCUT2D eigenvalue weighted by Gasteiger charge is -2.28. The summed E-state index contributed by atoms with van der Waals surface area (Å²) >= 11 is 0. The van der Waals surface area contributed by atoms with Gasteiger partial charge in [-0.25, -0.2) is 13.3 Å². The molecule has 0 bridgehead atoms. The number of carbonyl (C=O) groups is 2. The van der Waals surface area contributed by atoms with Gasteiger partial charge in [0.15, 0.2) is 0 Å². The van der Waals surface area contributed by atoms with Crippen molar-refractivity contribution < 1.29 is 23.5 Å². The van der Waals surface area contributed by atoms with Gasteiger partial charge in [0.2, 0.25) is 0 Å². The van der Waals surface area contributed by atoms with Gasteiger partial charge in [-0.1, -0.05) is 0 Å². The van der Waals surface area contributed by atoms with Crippen molar-refractivity contribution in [3.8, 4) is 0 Å². The molecule has 9 heteroatoms. The standard InChI is InChI=1S/C25H26F2N4O3/c26-16-5-8-21(27)19(12-16)22-2-1-10-30(22)18-9-11-31-23(13-18)20(14-28-31)24(32)29-17-6-3-15(4-7-17)25(33)34/h5,8-9,11-15,17,22H,1-4,6-7,10H2,(H,29,32)(H,33,34). The molecule has 1 saturated heterocycles. The van der Waals surface area contributed by atoms with E-state index in [1.54, 1.807) is 10.7 Å². The minimum atomic E-state index is -0.779. The number of aromatic nitrogens is 2. The number of rotatable bonds is 5. The number of fused-ring (bicyclic) bond motifs is 1. The van der Waals surface area contributed by atoms with Gasteiger partial charge in [-0.15, -0.1) is 0 Å². The highest BCUT2D eigenvalue weighted by Gasteiger charge is 2.30. The van der Waals surface area contributed by atoms with Crippen LogP contribution in [0.3, 0.4) is 0 Å². The van der Waals surface area contributed by atoms with Crippen LogP contribution in [-0.4, -0.2) is 39.2 Å². The predicted molar refractivity (Wildman–Crippen MR) is 122 cm³/mol. The number of carboxylic acid groups (broad SMARTS) is 1. The number of anilines is 1. The van der Waals surface area contributed by atoms with Crippen molar-refractivity contribution >= 4 is 23.1 Å². The van der Waals surface area contributed by atoms with E-state index >= 15 is 0 Å². The molecule has 2 fully saturated rings. The highest BCUT2D eigenvalue weighted by molar-refractivity contribution is 6.01. The first-order valence-corrected chi connectivity index (χ1v) is 11.6. The van der Waals surface area contributed by atoms with E-state index < -0.39 is 17.6 Å². The number of amides is 1. The molecule has 178 valence electrons. The molecule has 1 atom stereocenters. The Bertz CT molecular complexity index is 1240. The smallest absolute Gasteiger partial charge is 0.306 e. The zero-order valence-electron chi connectivity index (χ0n) is 18.6. The van der Waals surface area contributed by atoms with Gasteiger partial charge in [-0.3, -0.25) is 9.59 Å². The monoisotopic (exact) mass is 468 g/mol. The lowest BCUT2D eigenvalue weighted by Crippen LogP contribution is -2.38. The SMILES string of the molecule is O=C(NC1CCC(C(=O)O)CC1)c1cnn2ccc(N3CCCC3c3cc(F)ccc3F)cc12. The predicted octanol–water partition coefficient (Wildman–Crippen LogP) is 4.33. The van der Waals surface area contributed by atoms with Crippen molar-refractivity contribution in [3.05, 3.63) is 65.5 Å². The van der Waals surface area contributed by atoms with Crippen molar-refractivity contribution in [2.75, 3.05) is 11.4 Å². The molecule has 1 aliphatic heterocycles. The van der Waals surface area contributed by atoms with Crippen LogP contribution in [0.4, 0.5) is 14.5 Å². The Labute approximate surface area is 195 Å². The van der Waals surface area contributed by atoms with Crippen LogP contribution in [0.2, 0.25) is 0 Å². The number of carboxylic acids is 1. The van der Waals surface area contributed by atoms with Gasteiger partial charge < -0.3 is 15.3 Å². The maximum absolute atomic E-state index is 14.5. The lowest BCUT2D eigenvalue weighted by molar-refractivity contribution is -0.142. The van der Waals surface area contributed by atoms with Crippen LogP contribution >= 0.6 is 0 Å². The maximum Gasteiger partial charge on any atom is 0.306 e. The van der Waals surface area contributed by atoms with Gasteiger partial charge in [0.1, 0.15) is 11.6 Å². The fourth-order valence-electron chi connectivity index (χ4n) is 5.24. The molecule has 7 nitrogen and oxygen atoms in total. The molecule has 1 aromatic carbocycles. The van der Waals surface area contributed by atoms with Crippen LogP contribution < -0.4 is 10.2 Å². The van der Waals surface area contributed by atoms with E-state index in [0.717, 1.165) is 24.2 Å².